The Labute approximate surface area is 107 Å². The maximum atomic E-state index is 13.7. The summed E-state index contributed by atoms with van der Waals surface area (Å²) in [6.45, 7) is 2.11. The molecule has 0 spiro atoms. The number of ether oxygens (including phenoxy) is 2. The van der Waals surface area contributed by atoms with Gasteiger partial charge in [0, 0.05) is 13.2 Å². The number of hydrogen-bond donors (Lipinski definition) is 1. The van der Waals surface area contributed by atoms with Gasteiger partial charge >= 0.3 is 0 Å². The number of halogens is 1. The molecule has 2 N–H and O–H groups in total. The van der Waals surface area contributed by atoms with Gasteiger partial charge in [-0.2, -0.15) is 0 Å². The predicted octanol–water partition coefficient (Wildman–Crippen LogP) is 2.13. The molecular weight excluding hydrogens is 233 g/mol. The summed E-state index contributed by atoms with van der Waals surface area (Å²) in [5.41, 5.74) is 6.93. The fourth-order valence-corrected chi connectivity index (χ4v) is 2.51. The molecule has 0 saturated carbocycles. The molecule has 1 aromatic carbocycles. The molecule has 0 radical (unpaired) electrons. The lowest BCUT2D eigenvalue weighted by molar-refractivity contribution is 0.0191. The van der Waals surface area contributed by atoms with Crippen LogP contribution in [0.2, 0.25) is 0 Å². The molecule has 0 aliphatic carbocycles. The lowest BCUT2D eigenvalue weighted by Crippen LogP contribution is -2.38. The van der Waals surface area contributed by atoms with Crippen molar-refractivity contribution >= 4 is 0 Å². The van der Waals surface area contributed by atoms with Crippen LogP contribution in [-0.4, -0.2) is 26.9 Å². The van der Waals surface area contributed by atoms with E-state index in [1.54, 1.807) is 12.1 Å². The summed E-state index contributed by atoms with van der Waals surface area (Å²) in [4.78, 5) is 0. The second-order valence-electron chi connectivity index (χ2n) is 4.96. The summed E-state index contributed by atoms with van der Waals surface area (Å²) in [6, 6.07) is 5.13. The number of benzene rings is 1. The minimum absolute atomic E-state index is 0.0548. The maximum absolute atomic E-state index is 13.7. The van der Waals surface area contributed by atoms with Gasteiger partial charge < -0.3 is 15.2 Å². The molecule has 4 heteroatoms. The molecule has 18 heavy (non-hydrogen) atoms. The standard InChI is InChI=1S/C14H20FNO2/c1-17-13-3-2-11(8-12(13)15)9-14(10-16)4-6-18-7-5-14/h2-3,8H,4-7,9-10,16H2,1H3. The monoisotopic (exact) mass is 253 g/mol. The van der Waals surface area contributed by atoms with Crippen LogP contribution in [0.3, 0.4) is 0 Å². The van der Waals surface area contributed by atoms with Gasteiger partial charge in [0.05, 0.1) is 7.11 Å². The van der Waals surface area contributed by atoms with Crippen molar-refractivity contribution in [1.29, 1.82) is 0 Å². The Kier molecular flexibility index (Phi) is 4.19. The minimum Gasteiger partial charge on any atom is -0.494 e. The first kappa shape index (κ1) is 13.3. The first-order valence-corrected chi connectivity index (χ1v) is 6.29. The quantitative estimate of drug-likeness (QED) is 0.894. The molecule has 1 aliphatic rings. The molecule has 0 amide bonds. The molecule has 1 heterocycles. The van der Waals surface area contributed by atoms with Crippen molar-refractivity contribution in [3.63, 3.8) is 0 Å². The number of methoxy groups -OCH3 is 1. The normalized spacial score (nSPS) is 18.6. The highest BCUT2D eigenvalue weighted by molar-refractivity contribution is 5.30. The van der Waals surface area contributed by atoms with E-state index in [2.05, 4.69) is 0 Å². The predicted molar refractivity (Wildman–Crippen MR) is 68.2 cm³/mol. The summed E-state index contributed by atoms with van der Waals surface area (Å²) in [7, 11) is 1.47. The average Bonchev–Trinajstić information content (AvgIpc) is 2.40. The van der Waals surface area contributed by atoms with Gasteiger partial charge in [0.15, 0.2) is 11.6 Å². The second kappa shape index (κ2) is 5.67. The Morgan fingerprint density at radius 2 is 2.11 bits per heavy atom. The smallest absolute Gasteiger partial charge is 0.165 e. The third-order valence-electron chi connectivity index (χ3n) is 3.78. The van der Waals surface area contributed by atoms with Gasteiger partial charge in [-0.3, -0.25) is 0 Å². The van der Waals surface area contributed by atoms with Gasteiger partial charge in [-0.1, -0.05) is 6.07 Å². The SMILES string of the molecule is COc1ccc(CC2(CN)CCOCC2)cc1F. The van der Waals surface area contributed by atoms with Crippen molar-refractivity contribution in [2.75, 3.05) is 26.9 Å². The summed E-state index contributed by atoms with van der Waals surface area (Å²) in [5.74, 6) is -0.0262. The van der Waals surface area contributed by atoms with Crippen LogP contribution in [0, 0.1) is 11.2 Å². The van der Waals surface area contributed by atoms with E-state index in [0.717, 1.165) is 38.0 Å². The Hall–Kier alpha value is -1.13. The topological polar surface area (TPSA) is 44.5 Å². The fourth-order valence-electron chi connectivity index (χ4n) is 2.51. The fraction of sp³-hybridized carbons (Fsp3) is 0.571. The van der Waals surface area contributed by atoms with Crippen molar-refractivity contribution in [3.05, 3.63) is 29.6 Å². The zero-order valence-electron chi connectivity index (χ0n) is 10.7. The molecule has 1 fully saturated rings. The van der Waals surface area contributed by atoms with E-state index in [0.29, 0.717) is 6.54 Å². The molecule has 100 valence electrons. The summed E-state index contributed by atoms with van der Waals surface area (Å²) >= 11 is 0. The largest absolute Gasteiger partial charge is 0.494 e. The van der Waals surface area contributed by atoms with E-state index >= 15 is 0 Å². The van der Waals surface area contributed by atoms with Gasteiger partial charge in [-0.05, 0) is 48.9 Å². The average molecular weight is 253 g/mol. The van der Waals surface area contributed by atoms with Gasteiger partial charge in [0.1, 0.15) is 0 Å². The van der Waals surface area contributed by atoms with Crippen LogP contribution >= 0.6 is 0 Å². The molecule has 1 aromatic rings. The molecule has 1 aliphatic heterocycles. The Balaban J connectivity index is 2.14. The Morgan fingerprint density at radius 3 is 2.67 bits per heavy atom. The summed E-state index contributed by atoms with van der Waals surface area (Å²) in [5, 5.41) is 0. The maximum Gasteiger partial charge on any atom is 0.165 e. The highest BCUT2D eigenvalue weighted by atomic mass is 19.1. The van der Waals surface area contributed by atoms with Crippen molar-refractivity contribution in [1.82, 2.24) is 0 Å². The van der Waals surface area contributed by atoms with Crippen LogP contribution in [0.1, 0.15) is 18.4 Å². The van der Waals surface area contributed by atoms with E-state index < -0.39 is 0 Å². The van der Waals surface area contributed by atoms with Gasteiger partial charge in [0.2, 0.25) is 0 Å². The third-order valence-corrected chi connectivity index (χ3v) is 3.78. The molecule has 0 unspecified atom stereocenters. The van der Waals surface area contributed by atoms with E-state index in [9.17, 15) is 4.39 Å². The molecule has 0 atom stereocenters. The Bertz CT molecular complexity index is 403. The highest BCUT2D eigenvalue weighted by Gasteiger charge is 2.31. The molecule has 0 bridgehead atoms. The first-order valence-electron chi connectivity index (χ1n) is 6.29. The minimum atomic E-state index is -0.311. The van der Waals surface area contributed by atoms with Crippen LogP contribution in [-0.2, 0) is 11.2 Å². The molecule has 0 aromatic heterocycles. The zero-order valence-corrected chi connectivity index (χ0v) is 10.7. The number of rotatable bonds is 4. The Morgan fingerprint density at radius 1 is 1.39 bits per heavy atom. The zero-order chi connectivity index (χ0) is 13.0. The summed E-state index contributed by atoms with van der Waals surface area (Å²) < 4.78 is 23.9. The van der Waals surface area contributed by atoms with Crippen molar-refractivity contribution < 1.29 is 13.9 Å². The van der Waals surface area contributed by atoms with Gasteiger partial charge in [-0.25, -0.2) is 4.39 Å². The van der Waals surface area contributed by atoms with Gasteiger partial charge in [0.25, 0.3) is 0 Å². The van der Waals surface area contributed by atoms with Crippen LogP contribution in [0.25, 0.3) is 0 Å². The van der Waals surface area contributed by atoms with Crippen LogP contribution in [0.15, 0.2) is 18.2 Å². The highest BCUT2D eigenvalue weighted by Crippen LogP contribution is 2.34. The first-order chi connectivity index (χ1) is 8.69. The molecule has 2 rings (SSSR count). The van der Waals surface area contributed by atoms with Crippen LogP contribution in [0.4, 0.5) is 4.39 Å². The van der Waals surface area contributed by atoms with Crippen molar-refractivity contribution in [2.45, 2.75) is 19.3 Å². The van der Waals surface area contributed by atoms with Gasteiger partial charge in [-0.15, -0.1) is 0 Å². The lowest BCUT2D eigenvalue weighted by Gasteiger charge is -2.36. The lowest BCUT2D eigenvalue weighted by atomic mass is 9.75. The van der Waals surface area contributed by atoms with Crippen molar-refractivity contribution in [2.24, 2.45) is 11.1 Å². The van der Waals surface area contributed by atoms with Crippen LogP contribution in [0.5, 0.6) is 5.75 Å². The second-order valence-corrected chi connectivity index (χ2v) is 4.96. The number of hydrogen-bond acceptors (Lipinski definition) is 3. The van der Waals surface area contributed by atoms with Crippen LogP contribution < -0.4 is 10.5 Å². The van der Waals surface area contributed by atoms with E-state index in [-0.39, 0.29) is 17.0 Å². The van der Waals surface area contributed by atoms with E-state index in [1.807, 2.05) is 6.07 Å². The van der Waals surface area contributed by atoms with E-state index in [1.165, 1.54) is 7.11 Å². The molecule has 3 nitrogen and oxygen atoms in total. The number of nitrogens with two attached hydrogens (primary N) is 1. The van der Waals surface area contributed by atoms with Crippen molar-refractivity contribution in [3.8, 4) is 5.75 Å². The molecule has 1 saturated heterocycles. The molecular formula is C14H20FNO2. The summed E-state index contributed by atoms with van der Waals surface area (Å²) in [6.07, 6.45) is 2.68. The third kappa shape index (κ3) is 2.82. The van der Waals surface area contributed by atoms with E-state index in [4.69, 9.17) is 15.2 Å².